The van der Waals surface area contributed by atoms with E-state index in [9.17, 15) is 0 Å². The van der Waals surface area contributed by atoms with E-state index in [-0.39, 0.29) is 6.04 Å². The minimum atomic E-state index is 0.232. The van der Waals surface area contributed by atoms with Crippen molar-refractivity contribution in [3.63, 3.8) is 0 Å². The third-order valence-electron chi connectivity index (χ3n) is 3.00. The minimum absolute atomic E-state index is 0.232. The first kappa shape index (κ1) is 15.5. The SMILES string of the molecule is CCCNC(CC(C)COC)c1c(Cl)cnn1C. The smallest absolute Gasteiger partial charge is 0.0834 e. The molecule has 1 aromatic rings. The van der Waals surface area contributed by atoms with Crippen molar-refractivity contribution in [2.75, 3.05) is 20.3 Å². The molecule has 18 heavy (non-hydrogen) atoms. The van der Waals surface area contributed by atoms with Gasteiger partial charge in [0.1, 0.15) is 0 Å². The molecule has 1 heterocycles. The van der Waals surface area contributed by atoms with Gasteiger partial charge in [-0.15, -0.1) is 0 Å². The average molecular weight is 274 g/mol. The summed E-state index contributed by atoms with van der Waals surface area (Å²) in [6.07, 6.45) is 3.80. The van der Waals surface area contributed by atoms with Crippen LogP contribution in [0.1, 0.15) is 38.4 Å². The number of aryl methyl sites for hydroxylation is 1. The monoisotopic (exact) mass is 273 g/mol. The molecule has 1 rings (SSSR count). The fourth-order valence-electron chi connectivity index (χ4n) is 2.18. The first-order valence-electron chi connectivity index (χ1n) is 6.49. The van der Waals surface area contributed by atoms with Gasteiger partial charge in [0.05, 0.1) is 23.0 Å². The zero-order valence-electron chi connectivity index (χ0n) is 11.7. The van der Waals surface area contributed by atoms with E-state index < -0.39 is 0 Å². The Kier molecular flexibility index (Phi) is 6.68. The molecule has 0 bridgehead atoms. The van der Waals surface area contributed by atoms with Crippen LogP contribution in [0.15, 0.2) is 6.20 Å². The third-order valence-corrected chi connectivity index (χ3v) is 3.29. The molecule has 0 fully saturated rings. The van der Waals surface area contributed by atoms with Crippen LogP contribution in [0.2, 0.25) is 5.02 Å². The predicted molar refractivity (Wildman–Crippen MR) is 74.9 cm³/mol. The molecule has 1 aromatic heterocycles. The Labute approximate surface area is 115 Å². The fourth-order valence-corrected chi connectivity index (χ4v) is 2.47. The molecule has 5 heteroatoms. The maximum absolute atomic E-state index is 6.22. The van der Waals surface area contributed by atoms with Crippen LogP contribution >= 0.6 is 11.6 Å². The highest BCUT2D eigenvalue weighted by Gasteiger charge is 2.20. The summed E-state index contributed by atoms with van der Waals surface area (Å²) in [5.74, 6) is 0.482. The molecular weight excluding hydrogens is 250 g/mol. The van der Waals surface area contributed by atoms with Crippen molar-refractivity contribution < 1.29 is 4.74 Å². The predicted octanol–water partition coefficient (Wildman–Crippen LogP) is 2.79. The lowest BCUT2D eigenvalue weighted by molar-refractivity contribution is 0.148. The molecule has 0 aliphatic heterocycles. The first-order valence-corrected chi connectivity index (χ1v) is 6.87. The average Bonchev–Trinajstić information content (AvgIpc) is 2.65. The number of rotatable bonds is 8. The molecule has 0 saturated carbocycles. The zero-order valence-corrected chi connectivity index (χ0v) is 12.5. The van der Waals surface area contributed by atoms with Gasteiger partial charge in [-0.3, -0.25) is 4.68 Å². The van der Waals surface area contributed by atoms with Gasteiger partial charge in [0.15, 0.2) is 0 Å². The molecular formula is C13H24ClN3O. The van der Waals surface area contributed by atoms with Gasteiger partial charge in [-0.1, -0.05) is 25.4 Å². The van der Waals surface area contributed by atoms with Crippen molar-refractivity contribution in [3.8, 4) is 0 Å². The van der Waals surface area contributed by atoms with Crippen molar-refractivity contribution >= 4 is 11.6 Å². The summed E-state index contributed by atoms with van der Waals surface area (Å²) in [7, 11) is 3.67. The topological polar surface area (TPSA) is 39.1 Å². The molecule has 0 aromatic carbocycles. The molecule has 0 amide bonds. The number of methoxy groups -OCH3 is 1. The lowest BCUT2D eigenvalue weighted by Crippen LogP contribution is -2.27. The molecule has 0 aliphatic rings. The van der Waals surface area contributed by atoms with Crippen molar-refractivity contribution in [1.82, 2.24) is 15.1 Å². The second kappa shape index (κ2) is 7.77. The third kappa shape index (κ3) is 4.26. The molecule has 0 radical (unpaired) electrons. The van der Waals surface area contributed by atoms with Gasteiger partial charge >= 0.3 is 0 Å². The Balaban J connectivity index is 2.77. The number of aromatic nitrogens is 2. The largest absolute Gasteiger partial charge is 0.384 e. The zero-order chi connectivity index (χ0) is 13.5. The molecule has 0 saturated heterocycles. The van der Waals surface area contributed by atoms with Crippen molar-refractivity contribution in [1.29, 1.82) is 0 Å². The van der Waals surface area contributed by atoms with Crippen LogP contribution in [-0.4, -0.2) is 30.0 Å². The Morgan fingerprint density at radius 1 is 1.56 bits per heavy atom. The Morgan fingerprint density at radius 3 is 2.78 bits per heavy atom. The van der Waals surface area contributed by atoms with Gasteiger partial charge in [-0.05, 0) is 25.3 Å². The molecule has 0 spiro atoms. The van der Waals surface area contributed by atoms with Crippen molar-refractivity contribution in [2.45, 2.75) is 32.7 Å². The number of hydrogen-bond donors (Lipinski definition) is 1. The van der Waals surface area contributed by atoms with Gasteiger partial charge in [0.2, 0.25) is 0 Å². The van der Waals surface area contributed by atoms with Crippen LogP contribution in [0.5, 0.6) is 0 Å². The first-order chi connectivity index (χ1) is 8.60. The fraction of sp³-hybridized carbons (Fsp3) is 0.769. The van der Waals surface area contributed by atoms with E-state index >= 15 is 0 Å². The van der Waals surface area contributed by atoms with Crippen LogP contribution < -0.4 is 5.32 Å². The molecule has 0 aliphatic carbocycles. The summed E-state index contributed by atoms with van der Waals surface area (Å²) in [5, 5.41) is 8.49. The number of hydrogen-bond acceptors (Lipinski definition) is 3. The maximum atomic E-state index is 6.22. The van der Waals surface area contributed by atoms with E-state index in [2.05, 4.69) is 24.3 Å². The second-order valence-corrected chi connectivity index (χ2v) is 5.21. The van der Waals surface area contributed by atoms with E-state index in [0.717, 1.165) is 36.7 Å². The maximum Gasteiger partial charge on any atom is 0.0834 e. The highest BCUT2D eigenvalue weighted by Crippen LogP contribution is 2.27. The summed E-state index contributed by atoms with van der Waals surface area (Å²) < 4.78 is 7.06. The Morgan fingerprint density at radius 2 is 2.28 bits per heavy atom. The lowest BCUT2D eigenvalue weighted by Gasteiger charge is -2.22. The highest BCUT2D eigenvalue weighted by atomic mass is 35.5. The van der Waals surface area contributed by atoms with Gasteiger partial charge in [0.25, 0.3) is 0 Å². The summed E-state index contributed by atoms with van der Waals surface area (Å²) in [5.41, 5.74) is 1.06. The molecule has 104 valence electrons. The van der Waals surface area contributed by atoms with Gasteiger partial charge in [-0.25, -0.2) is 0 Å². The molecule has 2 unspecified atom stereocenters. The van der Waals surface area contributed by atoms with Crippen molar-refractivity contribution in [3.05, 3.63) is 16.9 Å². The lowest BCUT2D eigenvalue weighted by atomic mass is 10.00. The molecule has 4 nitrogen and oxygen atoms in total. The molecule has 2 atom stereocenters. The van der Waals surface area contributed by atoms with Crippen LogP contribution in [0.4, 0.5) is 0 Å². The molecule has 1 N–H and O–H groups in total. The normalized spacial score (nSPS) is 14.7. The van der Waals surface area contributed by atoms with Crippen molar-refractivity contribution in [2.24, 2.45) is 13.0 Å². The van der Waals surface area contributed by atoms with Gasteiger partial charge in [-0.2, -0.15) is 5.10 Å². The van der Waals surface area contributed by atoms with Crippen LogP contribution in [0.25, 0.3) is 0 Å². The van der Waals surface area contributed by atoms with E-state index in [1.807, 2.05) is 11.7 Å². The van der Waals surface area contributed by atoms with E-state index in [0.29, 0.717) is 5.92 Å². The number of nitrogens with zero attached hydrogens (tertiary/aromatic N) is 2. The summed E-state index contributed by atoms with van der Waals surface area (Å²) in [6.45, 7) is 6.09. The van der Waals surface area contributed by atoms with Crippen LogP contribution in [0.3, 0.4) is 0 Å². The van der Waals surface area contributed by atoms with Gasteiger partial charge in [0, 0.05) is 20.8 Å². The van der Waals surface area contributed by atoms with E-state index in [1.165, 1.54) is 0 Å². The summed E-state index contributed by atoms with van der Waals surface area (Å²) >= 11 is 6.22. The standard InChI is InChI=1S/C13H24ClN3O/c1-5-6-15-12(7-10(2)9-18-4)13-11(14)8-16-17(13)3/h8,10,12,15H,5-7,9H2,1-4H3. The van der Waals surface area contributed by atoms with Crippen LogP contribution in [0, 0.1) is 5.92 Å². The van der Waals surface area contributed by atoms with E-state index in [1.54, 1.807) is 13.3 Å². The summed E-state index contributed by atoms with van der Waals surface area (Å²) in [4.78, 5) is 0. The second-order valence-electron chi connectivity index (χ2n) is 4.80. The van der Waals surface area contributed by atoms with E-state index in [4.69, 9.17) is 16.3 Å². The Hall–Kier alpha value is -0.580. The Bertz CT molecular complexity index is 335. The number of ether oxygens (including phenoxy) is 1. The summed E-state index contributed by atoms with van der Waals surface area (Å²) in [6, 6.07) is 0.232. The minimum Gasteiger partial charge on any atom is -0.384 e. The number of nitrogens with one attached hydrogen (secondary N) is 1. The quantitative estimate of drug-likeness (QED) is 0.792. The van der Waals surface area contributed by atoms with Gasteiger partial charge < -0.3 is 10.1 Å². The number of halogens is 1. The highest BCUT2D eigenvalue weighted by molar-refractivity contribution is 6.31. The van der Waals surface area contributed by atoms with Crippen LogP contribution in [-0.2, 0) is 11.8 Å².